The number of hydrogen-bond donors (Lipinski definition) is 2. The van der Waals surface area contributed by atoms with Gasteiger partial charge in [-0.2, -0.15) is 0 Å². The molecule has 2 aromatic carbocycles. The number of imidazole rings is 1. The van der Waals surface area contributed by atoms with Gasteiger partial charge >= 0.3 is 7.60 Å². The van der Waals surface area contributed by atoms with Crippen molar-refractivity contribution in [1.29, 1.82) is 0 Å². The van der Waals surface area contributed by atoms with Gasteiger partial charge in [0.15, 0.2) is 11.0 Å². The summed E-state index contributed by atoms with van der Waals surface area (Å²) in [6.07, 6.45) is 1.53. The highest BCUT2D eigenvalue weighted by Crippen LogP contribution is 2.42. The summed E-state index contributed by atoms with van der Waals surface area (Å²) in [4.78, 5) is 9.80. The monoisotopic (exact) mass is 446 g/mol. The lowest BCUT2D eigenvalue weighted by molar-refractivity contribution is -0.676. The van der Waals surface area contributed by atoms with Crippen LogP contribution in [0, 0.1) is 0 Å². The molecule has 8 heteroatoms. The smallest absolute Gasteiger partial charge is 0.328 e. The third-order valence-corrected chi connectivity index (χ3v) is 6.85. The van der Waals surface area contributed by atoms with E-state index in [1.807, 2.05) is 36.4 Å². The number of unbranched alkanes of at least 4 members (excludes halogenated alkanes) is 1. The Kier molecular flexibility index (Phi) is 8.27. The highest BCUT2D eigenvalue weighted by atomic mass is 31.2. The zero-order chi connectivity index (χ0) is 22.3. The van der Waals surface area contributed by atoms with Gasteiger partial charge in [0.25, 0.3) is 5.82 Å². The topological polar surface area (TPSA) is 90.6 Å². The number of aromatic nitrogens is 2. The number of nitrogens with two attached hydrogens (primary N) is 1. The van der Waals surface area contributed by atoms with E-state index in [-0.39, 0.29) is 12.8 Å². The molecule has 1 aromatic heterocycles. The second kappa shape index (κ2) is 10.9. The quantitative estimate of drug-likeness (QED) is 0.249. The van der Waals surface area contributed by atoms with Gasteiger partial charge in [0.2, 0.25) is 0 Å². The van der Waals surface area contributed by atoms with Crippen LogP contribution in [0.5, 0.6) is 5.75 Å². The van der Waals surface area contributed by atoms with Crippen molar-refractivity contribution in [1.82, 2.24) is 4.57 Å². The summed E-state index contributed by atoms with van der Waals surface area (Å²) < 4.78 is 27.3. The molecule has 0 aliphatic carbocycles. The van der Waals surface area contributed by atoms with Crippen molar-refractivity contribution in [2.45, 2.75) is 52.9 Å². The Labute approximate surface area is 183 Å². The molecule has 168 valence electrons. The van der Waals surface area contributed by atoms with Crippen LogP contribution in [0.15, 0.2) is 48.5 Å². The van der Waals surface area contributed by atoms with Gasteiger partial charge in [-0.25, -0.2) is 9.13 Å². The molecule has 0 amide bonds. The van der Waals surface area contributed by atoms with E-state index in [9.17, 15) is 9.46 Å². The minimum Gasteiger partial charge on any atom is -0.489 e. The molecule has 31 heavy (non-hydrogen) atoms. The molecule has 0 spiro atoms. The molecule has 0 saturated carbocycles. The fraction of sp³-hybridized carbons (Fsp3) is 0.435. The maximum absolute atomic E-state index is 11.9. The van der Waals surface area contributed by atoms with Gasteiger partial charge in [-0.3, -0.25) is 4.57 Å². The van der Waals surface area contributed by atoms with E-state index < -0.39 is 7.60 Å². The Morgan fingerprint density at radius 2 is 1.90 bits per heavy atom. The van der Waals surface area contributed by atoms with Crippen LogP contribution >= 0.6 is 7.60 Å². The molecule has 1 atom stereocenters. The van der Waals surface area contributed by atoms with E-state index in [2.05, 4.69) is 28.2 Å². The summed E-state index contributed by atoms with van der Waals surface area (Å²) in [5, 5.41) is 0. The van der Waals surface area contributed by atoms with Crippen molar-refractivity contribution in [3.05, 3.63) is 59.9 Å². The molecule has 1 heterocycles. The molecule has 7 nitrogen and oxygen atoms in total. The number of hydrogen-bond acceptors (Lipinski definition) is 4. The van der Waals surface area contributed by atoms with Crippen LogP contribution in [0.2, 0.25) is 0 Å². The highest BCUT2D eigenvalue weighted by molar-refractivity contribution is 7.52. The maximum Gasteiger partial charge on any atom is 0.328 e. The molecule has 0 aliphatic rings. The second-order valence-corrected chi connectivity index (χ2v) is 9.41. The SMILES string of the molecule is CCOP(=O)(O)CCCCn1c(CN)[n+](CC)c2ccc(OCc3ccccc3)cc21. The van der Waals surface area contributed by atoms with Crippen molar-refractivity contribution in [2.75, 3.05) is 12.8 Å². The van der Waals surface area contributed by atoms with Crippen LogP contribution in [-0.4, -0.2) is 22.2 Å². The third-order valence-electron chi connectivity index (χ3n) is 5.30. The summed E-state index contributed by atoms with van der Waals surface area (Å²) in [5.41, 5.74) is 9.39. The molecule has 0 fully saturated rings. The molecule has 0 radical (unpaired) electrons. The lowest BCUT2D eigenvalue weighted by Gasteiger charge is -2.10. The van der Waals surface area contributed by atoms with Gasteiger partial charge in [-0.15, -0.1) is 0 Å². The predicted molar refractivity (Wildman–Crippen MR) is 122 cm³/mol. The van der Waals surface area contributed by atoms with Gasteiger partial charge in [-0.05, 0) is 44.4 Å². The van der Waals surface area contributed by atoms with Crippen LogP contribution in [0.4, 0.5) is 0 Å². The minimum atomic E-state index is -3.49. The van der Waals surface area contributed by atoms with Crippen LogP contribution in [-0.2, 0) is 35.3 Å². The first-order valence-corrected chi connectivity index (χ1v) is 12.6. The van der Waals surface area contributed by atoms with Gasteiger partial charge in [0.05, 0.1) is 32.4 Å². The average molecular weight is 447 g/mol. The molecule has 3 aromatic rings. The largest absolute Gasteiger partial charge is 0.489 e. The van der Waals surface area contributed by atoms with Crippen molar-refractivity contribution in [3.63, 3.8) is 0 Å². The molecule has 0 aliphatic heterocycles. The molecule has 0 bridgehead atoms. The second-order valence-electron chi connectivity index (χ2n) is 7.43. The normalized spacial score (nSPS) is 13.4. The van der Waals surface area contributed by atoms with Crippen molar-refractivity contribution < 1.29 is 23.3 Å². The van der Waals surface area contributed by atoms with E-state index in [0.717, 1.165) is 41.1 Å². The number of nitrogens with zero attached hydrogens (tertiary/aromatic N) is 2. The number of ether oxygens (including phenoxy) is 1. The fourth-order valence-electron chi connectivity index (χ4n) is 3.87. The van der Waals surface area contributed by atoms with E-state index in [1.54, 1.807) is 6.92 Å². The van der Waals surface area contributed by atoms with E-state index >= 15 is 0 Å². The highest BCUT2D eigenvalue weighted by Gasteiger charge is 2.24. The molecule has 3 N–H and O–H groups in total. The molecule has 0 saturated heterocycles. The Balaban J connectivity index is 1.79. The van der Waals surface area contributed by atoms with Crippen molar-refractivity contribution in [2.24, 2.45) is 5.73 Å². The number of benzene rings is 2. The minimum absolute atomic E-state index is 0.164. The summed E-state index contributed by atoms with van der Waals surface area (Å²) in [5.74, 6) is 1.84. The van der Waals surface area contributed by atoms with Gasteiger partial charge in [0.1, 0.15) is 12.4 Å². The van der Waals surface area contributed by atoms with Crippen LogP contribution in [0.25, 0.3) is 11.0 Å². The Hall–Kier alpha value is -2.18. The summed E-state index contributed by atoms with van der Waals surface area (Å²) in [6, 6.07) is 16.2. The number of rotatable bonds is 12. The first kappa shape index (κ1) is 23.5. The standard InChI is InChI=1S/C23H32N3O4P/c1-3-25-21-13-12-20(29-18-19-10-6-5-7-11-19)16-22(21)26(23(25)17-24)14-8-9-15-31(27,28)30-4-2/h5-7,10-13,16H,3-4,8-9,14-15,17-18,24H2,1-2H3/p+1. The lowest BCUT2D eigenvalue weighted by Crippen LogP contribution is -2.38. The number of aryl methyl sites for hydroxylation is 2. The van der Waals surface area contributed by atoms with Gasteiger partial charge in [0, 0.05) is 6.07 Å². The van der Waals surface area contributed by atoms with Crippen molar-refractivity contribution in [3.8, 4) is 5.75 Å². The first-order chi connectivity index (χ1) is 15.0. The average Bonchev–Trinajstić information content (AvgIpc) is 3.07. The van der Waals surface area contributed by atoms with E-state index in [4.69, 9.17) is 15.0 Å². The fourth-order valence-corrected chi connectivity index (χ4v) is 5.03. The summed E-state index contributed by atoms with van der Waals surface area (Å²) in [7, 11) is -3.49. The Morgan fingerprint density at radius 1 is 1.13 bits per heavy atom. The number of fused-ring (bicyclic) bond motifs is 1. The lowest BCUT2D eigenvalue weighted by atomic mass is 10.2. The third kappa shape index (κ3) is 5.95. The molecule has 3 rings (SSSR count). The van der Waals surface area contributed by atoms with E-state index in [1.165, 1.54) is 0 Å². The zero-order valence-electron chi connectivity index (χ0n) is 18.4. The molecular weight excluding hydrogens is 413 g/mol. The van der Waals surface area contributed by atoms with Crippen LogP contribution < -0.4 is 15.0 Å². The van der Waals surface area contributed by atoms with Gasteiger partial charge in [-0.1, -0.05) is 30.3 Å². The van der Waals surface area contributed by atoms with Crippen molar-refractivity contribution >= 4 is 18.6 Å². The molecular formula is C23H33N3O4P+. The first-order valence-electron chi connectivity index (χ1n) is 10.9. The van der Waals surface area contributed by atoms with Crippen LogP contribution in [0.3, 0.4) is 0 Å². The van der Waals surface area contributed by atoms with E-state index in [0.29, 0.717) is 26.1 Å². The predicted octanol–water partition coefficient (Wildman–Crippen LogP) is 3.99. The van der Waals surface area contributed by atoms with Gasteiger partial charge < -0.3 is 19.9 Å². The summed E-state index contributed by atoms with van der Waals surface area (Å²) >= 11 is 0. The van der Waals surface area contributed by atoms with Crippen LogP contribution in [0.1, 0.15) is 38.1 Å². The Bertz CT molecular complexity index is 1040. The molecule has 1 unspecified atom stereocenters. The Morgan fingerprint density at radius 3 is 2.58 bits per heavy atom. The zero-order valence-corrected chi connectivity index (χ0v) is 19.3. The summed E-state index contributed by atoms with van der Waals surface area (Å²) in [6.45, 7) is 6.53. The maximum atomic E-state index is 11.9.